The van der Waals surface area contributed by atoms with Crippen molar-refractivity contribution in [2.75, 3.05) is 0 Å². The number of nitrogens with zero attached hydrogens (tertiary/aromatic N) is 1. The molecule has 0 saturated heterocycles. The minimum atomic E-state index is -0.906. The number of aliphatic carboxylic acids is 1. The van der Waals surface area contributed by atoms with E-state index in [1.165, 1.54) is 0 Å². The van der Waals surface area contributed by atoms with Gasteiger partial charge in [0, 0.05) is 0 Å². The number of carboxylic acid groups (broad SMARTS) is 1. The first kappa shape index (κ1) is 8.22. The zero-order chi connectivity index (χ0) is 9.64. The zero-order valence-corrected chi connectivity index (χ0v) is 7.11. The molecule has 0 amide bonds. The van der Waals surface area contributed by atoms with E-state index in [4.69, 9.17) is 5.11 Å². The lowest BCUT2D eigenvalue weighted by atomic mass is 9.91. The minimum Gasteiger partial charge on any atom is -0.481 e. The van der Waals surface area contributed by atoms with Crippen LogP contribution >= 0.6 is 0 Å². The first-order valence-electron chi connectivity index (χ1n) is 4.10. The minimum absolute atomic E-state index is 0.380. The molecule has 0 bridgehead atoms. The van der Waals surface area contributed by atoms with Gasteiger partial charge in [0.1, 0.15) is 5.41 Å². The number of carbonyl (C=O) groups is 2. The van der Waals surface area contributed by atoms with Gasteiger partial charge < -0.3 is 9.94 Å². The van der Waals surface area contributed by atoms with E-state index in [-0.39, 0.29) is 0 Å². The van der Waals surface area contributed by atoms with Crippen LogP contribution in [-0.4, -0.2) is 22.8 Å². The standard InChI is InChI=1S/C8H9NO4/c1-4-5(9-13-6(4)10)8(2-3-8)7(11)12/h4H,2-3H2,1H3,(H,11,12). The van der Waals surface area contributed by atoms with Crippen molar-refractivity contribution in [3.63, 3.8) is 0 Å². The molecule has 1 atom stereocenters. The molecule has 1 aliphatic heterocycles. The molecule has 5 nitrogen and oxygen atoms in total. The molecule has 2 rings (SSSR count). The van der Waals surface area contributed by atoms with Crippen LogP contribution in [0.15, 0.2) is 5.16 Å². The summed E-state index contributed by atoms with van der Waals surface area (Å²) in [6.07, 6.45) is 1.12. The van der Waals surface area contributed by atoms with E-state index in [9.17, 15) is 9.59 Å². The highest BCUT2D eigenvalue weighted by Crippen LogP contribution is 2.50. The lowest BCUT2D eigenvalue weighted by Gasteiger charge is -2.09. The molecular formula is C8H9NO4. The van der Waals surface area contributed by atoms with Gasteiger partial charge in [-0.05, 0) is 19.8 Å². The molecule has 0 radical (unpaired) electrons. The van der Waals surface area contributed by atoms with Gasteiger partial charge in [0.15, 0.2) is 0 Å². The largest absolute Gasteiger partial charge is 0.481 e. The van der Waals surface area contributed by atoms with Crippen molar-refractivity contribution in [3.05, 3.63) is 0 Å². The molecule has 1 unspecified atom stereocenters. The summed E-state index contributed by atoms with van der Waals surface area (Å²) in [6, 6.07) is 0. The summed E-state index contributed by atoms with van der Waals surface area (Å²) < 4.78 is 0. The van der Waals surface area contributed by atoms with Crippen LogP contribution in [0.4, 0.5) is 0 Å². The van der Waals surface area contributed by atoms with E-state index in [2.05, 4.69) is 9.99 Å². The van der Waals surface area contributed by atoms with Crippen LogP contribution in [0.1, 0.15) is 19.8 Å². The normalized spacial score (nSPS) is 29.5. The number of oxime groups is 1. The molecule has 70 valence electrons. The maximum Gasteiger partial charge on any atom is 0.343 e. The number of carboxylic acids is 1. The van der Waals surface area contributed by atoms with Crippen molar-refractivity contribution in [2.45, 2.75) is 19.8 Å². The first-order valence-corrected chi connectivity index (χ1v) is 4.10. The summed E-state index contributed by atoms with van der Waals surface area (Å²) in [6.45, 7) is 1.62. The smallest absolute Gasteiger partial charge is 0.343 e. The van der Waals surface area contributed by atoms with E-state index in [0.29, 0.717) is 18.6 Å². The van der Waals surface area contributed by atoms with Gasteiger partial charge in [-0.1, -0.05) is 5.16 Å². The van der Waals surface area contributed by atoms with Crippen molar-refractivity contribution < 1.29 is 19.5 Å². The van der Waals surface area contributed by atoms with Crippen molar-refractivity contribution >= 4 is 17.7 Å². The van der Waals surface area contributed by atoms with Crippen LogP contribution in [0.25, 0.3) is 0 Å². The summed E-state index contributed by atoms with van der Waals surface area (Å²) in [5.74, 6) is -1.86. The average molecular weight is 183 g/mol. The van der Waals surface area contributed by atoms with Gasteiger partial charge in [0.25, 0.3) is 0 Å². The molecule has 0 aromatic heterocycles. The van der Waals surface area contributed by atoms with Crippen molar-refractivity contribution in [1.29, 1.82) is 0 Å². The van der Waals surface area contributed by atoms with Gasteiger partial charge in [0.05, 0.1) is 11.6 Å². The van der Waals surface area contributed by atoms with Gasteiger partial charge in [-0.2, -0.15) is 0 Å². The molecule has 0 aromatic rings. The fourth-order valence-electron chi connectivity index (χ4n) is 1.57. The van der Waals surface area contributed by atoms with E-state index in [1.807, 2.05) is 0 Å². The van der Waals surface area contributed by atoms with Crippen LogP contribution in [0, 0.1) is 11.3 Å². The van der Waals surface area contributed by atoms with Crippen LogP contribution < -0.4 is 0 Å². The molecule has 2 aliphatic rings. The predicted molar refractivity (Wildman–Crippen MR) is 42.0 cm³/mol. The molecule has 0 aromatic carbocycles. The Balaban J connectivity index is 2.28. The summed E-state index contributed by atoms with van der Waals surface area (Å²) in [5, 5.41) is 12.5. The molecular weight excluding hydrogens is 174 g/mol. The Morgan fingerprint density at radius 3 is 2.62 bits per heavy atom. The van der Waals surface area contributed by atoms with E-state index in [0.717, 1.165) is 0 Å². The van der Waals surface area contributed by atoms with E-state index in [1.54, 1.807) is 6.92 Å². The topological polar surface area (TPSA) is 76.0 Å². The second-order valence-electron chi connectivity index (χ2n) is 3.50. The molecule has 1 saturated carbocycles. The highest BCUT2D eigenvalue weighted by atomic mass is 16.7. The highest BCUT2D eigenvalue weighted by Gasteiger charge is 2.59. The lowest BCUT2D eigenvalue weighted by Crippen LogP contribution is -2.30. The average Bonchev–Trinajstić information content (AvgIpc) is 2.80. The molecule has 0 spiro atoms. The Kier molecular flexibility index (Phi) is 1.46. The summed E-state index contributed by atoms with van der Waals surface area (Å²) in [4.78, 5) is 26.3. The molecule has 13 heavy (non-hydrogen) atoms. The van der Waals surface area contributed by atoms with Crippen molar-refractivity contribution in [1.82, 2.24) is 0 Å². The van der Waals surface area contributed by atoms with Crippen LogP contribution in [0.3, 0.4) is 0 Å². The third kappa shape index (κ3) is 0.961. The lowest BCUT2D eigenvalue weighted by molar-refractivity contribution is -0.143. The number of hydrogen-bond acceptors (Lipinski definition) is 4. The van der Waals surface area contributed by atoms with Crippen LogP contribution in [0.2, 0.25) is 0 Å². The van der Waals surface area contributed by atoms with Gasteiger partial charge >= 0.3 is 11.9 Å². The number of rotatable bonds is 2. The fraction of sp³-hybridized carbons (Fsp3) is 0.625. The molecule has 1 heterocycles. The second kappa shape index (κ2) is 2.31. The second-order valence-corrected chi connectivity index (χ2v) is 3.50. The summed E-state index contributed by atoms with van der Waals surface area (Å²) in [7, 11) is 0. The number of hydrogen-bond donors (Lipinski definition) is 1. The Bertz CT molecular complexity index is 316. The van der Waals surface area contributed by atoms with Gasteiger partial charge in [0.2, 0.25) is 0 Å². The maximum atomic E-state index is 11.0. The van der Waals surface area contributed by atoms with Crippen molar-refractivity contribution in [2.24, 2.45) is 16.5 Å². The van der Waals surface area contributed by atoms with E-state index < -0.39 is 23.3 Å². The van der Waals surface area contributed by atoms with Crippen LogP contribution in [0.5, 0.6) is 0 Å². The first-order chi connectivity index (χ1) is 6.08. The Labute approximate surface area is 74.4 Å². The molecule has 1 aliphatic carbocycles. The predicted octanol–water partition coefficient (Wildman–Crippen LogP) is 0.400. The maximum absolute atomic E-state index is 11.0. The molecule has 5 heteroatoms. The van der Waals surface area contributed by atoms with Gasteiger partial charge in [-0.15, -0.1) is 0 Å². The monoisotopic (exact) mass is 183 g/mol. The fourth-order valence-corrected chi connectivity index (χ4v) is 1.57. The third-order valence-corrected chi connectivity index (χ3v) is 2.65. The number of carbonyl (C=O) groups excluding carboxylic acids is 1. The quantitative estimate of drug-likeness (QED) is 0.628. The van der Waals surface area contributed by atoms with Crippen molar-refractivity contribution in [3.8, 4) is 0 Å². The zero-order valence-electron chi connectivity index (χ0n) is 7.11. The molecule has 1 fully saturated rings. The van der Waals surface area contributed by atoms with E-state index >= 15 is 0 Å². The summed E-state index contributed by atoms with van der Waals surface area (Å²) in [5.41, 5.74) is -0.518. The van der Waals surface area contributed by atoms with Gasteiger partial charge in [-0.25, -0.2) is 4.79 Å². The molecule has 1 N–H and O–H groups in total. The van der Waals surface area contributed by atoms with Crippen LogP contribution in [-0.2, 0) is 14.4 Å². The van der Waals surface area contributed by atoms with Gasteiger partial charge in [-0.3, -0.25) is 4.79 Å². The SMILES string of the molecule is CC1C(=O)ON=C1C1(C(=O)O)CC1. The Morgan fingerprint density at radius 1 is 1.69 bits per heavy atom. The highest BCUT2D eigenvalue weighted by molar-refractivity contribution is 6.17. The summed E-state index contributed by atoms with van der Waals surface area (Å²) >= 11 is 0. The Morgan fingerprint density at radius 2 is 2.31 bits per heavy atom. The Hall–Kier alpha value is -1.39. The third-order valence-electron chi connectivity index (χ3n) is 2.65.